The van der Waals surface area contributed by atoms with Crippen LogP contribution in [-0.2, 0) is 9.31 Å². The Hall–Kier alpha value is -1.64. The maximum Gasteiger partial charge on any atom is 0.497 e. The minimum Gasteiger partial charge on any atom is -0.399 e. The van der Waals surface area contributed by atoms with Crippen molar-refractivity contribution in [3.8, 4) is 0 Å². The first-order chi connectivity index (χ1) is 11.9. The molecule has 0 atom stereocenters. The summed E-state index contributed by atoms with van der Waals surface area (Å²) in [7, 11) is -0.680. The Labute approximate surface area is 161 Å². The number of rotatable bonds is 1. The molecule has 4 N–H and O–H groups in total. The Kier molecular flexibility index (Phi) is 6.00. The Balaban J connectivity index is 0.000000228. The molecule has 2 aromatic carbocycles. The van der Waals surface area contributed by atoms with Crippen LogP contribution in [-0.4, -0.2) is 18.3 Å². The molecular weight excluding hydrogens is 405 g/mol. The predicted octanol–water partition coefficient (Wildman–Crippen LogP) is 3.88. The second kappa shape index (κ2) is 7.54. The van der Waals surface area contributed by atoms with Crippen LogP contribution in [0.5, 0.6) is 0 Å². The third kappa shape index (κ3) is 4.55. The van der Waals surface area contributed by atoms with E-state index < -0.39 is 24.1 Å². The van der Waals surface area contributed by atoms with E-state index in [2.05, 4.69) is 15.9 Å². The molecule has 0 saturated carbocycles. The Morgan fingerprint density at radius 1 is 0.846 bits per heavy atom. The molecule has 8 heteroatoms. The molecule has 0 bridgehead atoms. The first-order valence-corrected chi connectivity index (χ1v) is 8.83. The summed E-state index contributed by atoms with van der Waals surface area (Å²) in [5, 5.41) is 0. The van der Waals surface area contributed by atoms with Crippen molar-refractivity contribution >= 4 is 39.9 Å². The van der Waals surface area contributed by atoms with Gasteiger partial charge in [0.25, 0.3) is 0 Å². The zero-order valence-electron chi connectivity index (χ0n) is 15.1. The Bertz CT molecular complexity index is 787. The molecule has 1 fully saturated rings. The topological polar surface area (TPSA) is 70.5 Å². The fourth-order valence-corrected chi connectivity index (χ4v) is 2.46. The third-order valence-electron chi connectivity index (χ3n) is 4.48. The van der Waals surface area contributed by atoms with Crippen molar-refractivity contribution in [2.75, 3.05) is 11.5 Å². The van der Waals surface area contributed by atoms with Crippen molar-refractivity contribution in [3.05, 3.63) is 52.5 Å². The molecule has 0 aliphatic carbocycles. The summed E-state index contributed by atoms with van der Waals surface area (Å²) in [6, 6.07) is 9.00. The van der Waals surface area contributed by atoms with E-state index in [-0.39, 0.29) is 5.82 Å². The van der Waals surface area contributed by atoms with E-state index in [9.17, 15) is 8.78 Å². The van der Waals surface area contributed by atoms with Gasteiger partial charge in [0, 0.05) is 16.8 Å². The van der Waals surface area contributed by atoms with Gasteiger partial charge in [0.1, 0.15) is 11.6 Å². The lowest BCUT2D eigenvalue weighted by molar-refractivity contribution is 0.00578. The molecular formula is C18H22BBrF2N2O2. The van der Waals surface area contributed by atoms with Crippen molar-refractivity contribution in [2.24, 2.45) is 0 Å². The van der Waals surface area contributed by atoms with Crippen LogP contribution in [0.3, 0.4) is 0 Å². The minimum absolute atomic E-state index is 0.324. The molecule has 2 aromatic rings. The molecule has 4 nitrogen and oxygen atoms in total. The Morgan fingerprint density at radius 2 is 1.31 bits per heavy atom. The van der Waals surface area contributed by atoms with Gasteiger partial charge in [-0.15, -0.1) is 0 Å². The number of anilines is 2. The van der Waals surface area contributed by atoms with Gasteiger partial charge in [-0.2, -0.15) is 0 Å². The smallest absolute Gasteiger partial charge is 0.399 e. The Morgan fingerprint density at radius 3 is 1.73 bits per heavy atom. The molecule has 140 valence electrons. The summed E-state index contributed by atoms with van der Waals surface area (Å²) in [6.07, 6.45) is 0. The van der Waals surface area contributed by atoms with Crippen molar-refractivity contribution in [2.45, 2.75) is 38.9 Å². The first-order valence-electron chi connectivity index (χ1n) is 8.04. The summed E-state index contributed by atoms with van der Waals surface area (Å²) in [5.74, 6) is -0.724. The average molecular weight is 427 g/mol. The lowest BCUT2D eigenvalue weighted by Gasteiger charge is -2.32. The van der Waals surface area contributed by atoms with Gasteiger partial charge in [-0.05, 0) is 74.0 Å². The summed E-state index contributed by atoms with van der Waals surface area (Å²) in [5.41, 5.74) is 11.1. The summed E-state index contributed by atoms with van der Waals surface area (Å²) >= 11 is 3.00. The molecule has 0 unspecified atom stereocenters. The standard InChI is InChI=1S/C12H17BFNO2.C6H5BrFN/c1-11(2)12(3,4)17-13(16-11)9-6-5-8(15)7-10(9)14;7-5-2-1-4(9)3-6(5)8/h5-7H,15H2,1-4H3;1-3H,9H2. The van der Waals surface area contributed by atoms with E-state index in [1.54, 1.807) is 24.3 Å². The van der Waals surface area contributed by atoms with Crippen LogP contribution in [0, 0.1) is 11.6 Å². The number of hydrogen-bond donors (Lipinski definition) is 2. The molecule has 1 saturated heterocycles. The van der Waals surface area contributed by atoms with Gasteiger partial charge in [-0.25, -0.2) is 8.78 Å². The van der Waals surface area contributed by atoms with Crippen molar-refractivity contribution in [3.63, 3.8) is 0 Å². The molecule has 1 aliphatic heterocycles. The number of nitrogens with two attached hydrogens (primary N) is 2. The highest BCUT2D eigenvalue weighted by atomic mass is 79.9. The first kappa shape index (κ1) is 20.7. The summed E-state index contributed by atoms with van der Waals surface area (Å²) < 4.78 is 38.2. The van der Waals surface area contributed by atoms with Gasteiger partial charge in [0.05, 0.1) is 15.7 Å². The SMILES string of the molecule is CC1(C)OB(c2ccc(N)cc2F)OC1(C)C.Nc1ccc(Br)c(F)c1. The van der Waals surface area contributed by atoms with Crippen molar-refractivity contribution in [1.29, 1.82) is 0 Å². The lowest BCUT2D eigenvalue weighted by Crippen LogP contribution is -2.41. The van der Waals surface area contributed by atoms with Crippen molar-refractivity contribution < 1.29 is 18.1 Å². The number of nitrogen functional groups attached to an aromatic ring is 2. The molecule has 0 radical (unpaired) electrons. The van der Waals surface area contributed by atoms with E-state index in [1.807, 2.05) is 27.7 Å². The summed E-state index contributed by atoms with van der Waals surface area (Å²) in [4.78, 5) is 0. The monoisotopic (exact) mass is 426 g/mol. The van der Waals surface area contributed by atoms with E-state index in [0.717, 1.165) is 0 Å². The number of hydrogen-bond acceptors (Lipinski definition) is 4. The van der Waals surface area contributed by atoms with Crippen LogP contribution in [0.4, 0.5) is 20.2 Å². The number of benzene rings is 2. The zero-order valence-corrected chi connectivity index (χ0v) is 16.7. The average Bonchev–Trinajstić information content (AvgIpc) is 2.72. The predicted molar refractivity (Wildman–Crippen MR) is 105 cm³/mol. The third-order valence-corrected chi connectivity index (χ3v) is 5.12. The van der Waals surface area contributed by atoms with Gasteiger partial charge < -0.3 is 20.8 Å². The van der Waals surface area contributed by atoms with Crippen LogP contribution in [0.1, 0.15) is 27.7 Å². The van der Waals surface area contributed by atoms with Gasteiger partial charge in [0.15, 0.2) is 0 Å². The molecule has 0 aromatic heterocycles. The lowest BCUT2D eigenvalue weighted by atomic mass is 9.78. The second-order valence-corrected chi connectivity index (χ2v) is 7.90. The van der Waals surface area contributed by atoms with E-state index >= 15 is 0 Å². The highest BCUT2D eigenvalue weighted by Crippen LogP contribution is 2.36. The summed E-state index contributed by atoms with van der Waals surface area (Å²) in [6.45, 7) is 7.73. The molecule has 1 aliphatic rings. The number of halogens is 3. The fraction of sp³-hybridized carbons (Fsp3) is 0.333. The largest absolute Gasteiger partial charge is 0.497 e. The van der Waals surface area contributed by atoms with E-state index in [1.165, 1.54) is 12.1 Å². The van der Waals surface area contributed by atoms with E-state index in [4.69, 9.17) is 20.8 Å². The van der Waals surface area contributed by atoms with Gasteiger partial charge >= 0.3 is 7.12 Å². The maximum atomic E-state index is 13.8. The molecule has 26 heavy (non-hydrogen) atoms. The van der Waals surface area contributed by atoms with Gasteiger partial charge in [0.2, 0.25) is 0 Å². The van der Waals surface area contributed by atoms with Crippen LogP contribution in [0.25, 0.3) is 0 Å². The quantitative estimate of drug-likeness (QED) is 0.536. The van der Waals surface area contributed by atoms with Crippen LogP contribution in [0.15, 0.2) is 40.9 Å². The second-order valence-electron chi connectivity index (χ2n) is 7.04. The highest BCUT2D eigenvalue weighted by molar-refractivity contribution is 9.10. The normalized spacial score (nSPS) is 17.6. The molecule has 0 spiro atoms. The minimum atomic E-state index is -0.680. The van der Waals surface area contributed by atoms with Gasteiger partial charge in [-0.3, -0.25) is 0 Å². The highest BCUT2D eigenvalue weighted by Gasteiger charge is 2.52. The molecule has 1 heterocycles. The molecule has 0 amide bonds. The van der Waals surface area contributed by atoms with E-state index in [0.29, 0.717) is 21.3 Å². The van der Waals surface area contributed by atoms with Crippen LogP contribution >= 0.6 is 15.9 Å². The van der Waals surface area contributed by atoms with Gasteiger partial charge in [-0.1, -0.05) is 6.07 Å². The van der Waals surface area contributed by atoms with Crippen molar-refractivity contribution in [1.82, 2.24) is 0 Å². The maximum absolute atomic E-state index is 13.8. The fourth-order valence-electron chi connectivity index (χ4n) is 2.22. The molecule has 3 rings (SSSR count). The van der Waals surface area contributed by atoms with Crippen LogP contribution in [0.2, 0.25) is 0 Å². The zero-order chi connectivity index (χ0) is 19.7. The van der Waals surface area contributed by atoms with Crippen LogP contribution < -0.4 is 16.9 Å².